The van der Waals surface area contributed by atoms with Crippen LogP contribution in [0.4, 0.5) is 5.69 Å². The Morgan fingerprint density at radius 1 is 1.15 bits per heavy atom. The van der Waals surface area contributed by atoms with Gasteiger partial charge in [-0.2, -0.15) is 4.37 Å². The van der Waals surface area contributed by atoms with Gasteiger partial charge in [0, 0.05) is 36.7 Å². The Morgan fingerprint density at radius 2 is 1.85 bits per heavy atom. The van der Waals surface area contributed by atoms with Crippen LogP contribution < -0.4 is 4.90 Å². The van der Waals surface area contributed by atoms with Gasteiger partial charge in [-0.15, -0.1) is 0 Å². The second-order valence-electron chi connectivity index (χ2n) is 4.94. The van der Waals surface area contributed by atoms with Crippen LogP contribution in [0.3, 0.4) is 0 Å². The maximum absolute atomic E-state index is 12.3. The van der Waals surface area contributed by atoms with Crippen LogP contribution in [0.1, 0.15) is 15.4 Å². The van der Waals surface area contributed by atoms with Crippen molar-refractivity contribution in [2.75, 3.05) is 31.1 Å². The highest BCUT2D eigenvalue weighted by atomic mass is 32.1. The van der Waals surface area contributed by atoms with Crippen LogP contribution in [0.2, 0.25) is 0 Å². The van der Waals surface area contributed by atoms with Gasteiger partial charge in [0.1, 0.15) is 5.69 Å². The molecule has 2 aromatic rings. The van der Waals surface area contributed by atoms with Gasteiger partial charge in [-0.3, -0.25) is 4.79 Å². The molecule has 4 nitrogen and oxygen atoms in total. The number of nitrogens with zero attached hydrogens (tertiary/aromatic N) is 3. The highest BCUT2D eigenvalue weighted by molar-refractivity contribution is 7.05. The van der Waals surface area contributed by atoms with Crippen LogP contribution in [0.25, 0.3) is 0 Å². The Kier molecular flexibility index (Phi) is 3.69. The Balaban J connectivity index is 1.63. The molecule has 0 bridgehead atoms. The van der Waals surface area contributed by atoms with E-state index in [1.165, 1.54) is 17.2 Å². The number of benzene rings is 1. The van der Waals surface area contributed by atoms with Gasteiger partial charge >= 0.3 is 0 Å². The van der Waals surface area contributed by atoms with Crippen LogP contribution in [0, 0.1) is 6.92 Å². The average Bonchev–Trinajstić information content (AvgIpc) is 2.94. The standard InChI is InChI=1S/C15H17N3OS/c1-12-11-14(16-20-12)15(19)18-9-7-17(8-10-18)13-5-3-2-4-6-13/h2-6,11H,7-10H2,1H3. The van der Waals surface area contributed by atoms with Crippen molar-refractivity contribution >= 4 is 23.1 Å². The van der Waals surface area contributed by atoms with E-state index in [1.807, 2.05) is 36.1 Å². The molecule has 0 atom stereocenters. The number of carbonyl (C=O) groups is 1. The van der Waals surface area contributed by atoms with Gasteiger partial charge in [-0.05, 0) is 36.7 Å². The molecule has 20 heavy (non-hydrogen) atoms. The summed E-state index contributed by atoms with van der Waals surface area (Å²) < 4.78 is 4.20. The number of piperazine rings is 1. The Bertz CT molecular complexity index is 588. The highest BCUT2D eigenvalue weighted by Gasteiger charge is 2.23. The number of hydrogen-bond acceptors (Lipinski definition) is 4. The molecule has 0 radical (unpaired) electrons. The fraction of sp³-hybridized carbons (Fsp3) is 0.333. The largest absolute Gasteiger partial charge is 0.368 e. The number of aromatic nitrogens is 1. The molecule has 0 N–H and O–H groups in total. The van der Waals surface area contributed by atoms with Crippen LogP contribution in [0.5, 0.6) is 0 Å². The summed E-state index contributed by atoms with van der Waals surface area (Å²) in [4.78, 5) is 17.6. The van der Waals surface area contributed by atoms with Crippen LogP contribution in [0.15, 0.2) is 36.4 Å². The number of carbonyl (C=O) groups excluding carboxylic acids is 1. The number of rotatable bonds is 2. The van der Waals surface area contributed by atoms with E-state index >= 15 is 0 Å². The van der Waals surface area contributed by atoms with Gasteiger partial charge in [0.15, 0.2) is 0 Å². The van der Waals surface area contributed by atoms with E-state index in [2.05, 4.69) is 21.4 Å². The van der Waals surface area contributed by atoms with E-state index in [4.69, 9.17) is 0 Å². The molecule has 3 rings (SSSR count). The lowest BCUT2D eigenvalue weighted by atomic mass is 10.2. The third-order valence-corrected chi connectivity index (χ3v) is 4.23. The van der Waals surface area contributed by atoms with Gasteiger partial charge < -0.3 is 9.80 Å². The highest BCUT2D eigenvalue weighted by Crippen LogP contribution is 2.17. The zero-order valence-corrected chi connectivity index (χ0v) is 12.3. The first-order valence-corrected chi connectivity index (χ1v) is 7.54. The molecule has 0 aliphatic carbocycles. The molecule has 1 aromatic carbocycles. The molecule has 1 aliphatic heterocycles. The number of para-hydroxylation sites is 1. The minimum absolute atomic E-state index is 0.0575. The SMILES string of the molecule is Cc1cc(C(=O)N2CCN(c3ccccc3)CC2)ns1. The fourth-order valence-corrected chi connectivity index (χ4v) is 2.97. The molecule has 2 heterocycles. The van der Waals surface area contributed by atoms with Crippen molar-refractivity contribution in [1.82, 2.24) is 9.27 Å². The van der Waals surface area contributed by atoms with Crippen molar-refractivity contribution in [2.24, 2.45) is 0 Å². The number of hydrogen-bond donors (Lipinski definition) is 0. The third kappa shape index (κ3) is 2.67. The summed E-state index contributed by atoms with van der Waals surface area (Å²) >= 11 is 1.39. The predicted molar refractivity (Wildman–Crippen MR) is 81.4 cm³/mol. The second kappa shape index (κ2) is 5.63. The summed E-state index contributed by atoms with van der Waals surface area (Å²) in [5.41, 5.74) is 1.81. The minimum Gasteiger partial charge on any atom is -0.368 e. The van der Waals surface area contributed by atoms with Crippen molar-refractivity contribution in [3.05, 3.63) is 47.0 Å². The van der Waals surface area contributed by atoms with Crippen LogP contribution in [-0.4, -0.2) is 41.4 Å². The van der Waals surface area contributed by atoms with E-state index in [1.54, 1.807) is 0 Å². The first-order chi connectivity index (χ1) is 9.74. The smallest absolute Gasteiger partial charge is 0.273 e. The minimum atomic E-state index is 0.0575. The molecule has 0 saturated carbocycles. The summed E-state index contributed by atoms with van der Waals surface area (Å²) in [5.74, 6) is 0.0575. The lowest BCUT2D eigenvalue weighted by Crippen LogP contribution is -2.48. The second-order valence-corrected chi connectivity index (χ2v) is 5.95. The van der Waals surface area contributed by atoms with Crippen molar-refractivity contribution in [3.8, 4) is 0 Å². The van der Waals surface area contributed by atoms with Crippen LogP contribution in [-0.2, 0) is 0 Å². The van der Waals surface area contributed by atoms with Crippen molar-refractivity contribution in [2.45, 2.75) is 6.92 Å². The van der Waals surface area contributed by atoms with E-state index in [9.17, 15) is 4.79 Å². The molecule has 104 valence electrons. The van der Waals surface area contributed by atoms with E-state index in [0.717, 1.165) is 31.1 Å². The molecule has 1 fully saturated rings. The van der Waals surface area contributed by atoms with Crippen molar-refractivity contribution < 1.29 is 4.79 Å². The summed E-state index contributed by atoms with van der Waals surface area (Å²) in [6.45, 7) is 5.23. The number of anilines is 1. The third-order valence-electron chi connectivity index (χ3n) is 3.54. The average molecular weight is 287 g/mol. The Hall–Kier alpha value is -1.88. The van der Waals surface area contributed by atoms with Gasteiger partial charge in [-0.1, -0.05) is 18.2 Å². The van der Waals surface area contributed by atoms with Crippen molar-refractivity contribution in [3.63, 3.8) is 0 Å². The monoisotopic (exact) mass is 287 g/mol. The Morgan fingerprint density at radius 3 is 2.45 bits per heavy atom. The van der Waals surface area contributed by atoms with Crippen molar-refractivity contribution in [1.29, 1.82) is 0 Å². The topological polar surface area (TPSA) is 36.4 Å². The van der Waals surface area contributed by atoms with Crippen LogP contribution >= 0.6 is 11.5 Å². The molecule has 1 amide bonds. The van der Waals surface area contributed by atoms with Gasteiger partial charge in [0.2, 0.25) is 0 Å². The number of amides is 1. The maximum Gasteiger partial charge on any atom is 0.273 e. The Labute approximate surface area is 122 Å². The lowest BCUT2D eigenvalue weighted by molar-refractivity contribution is 0.0742. The first-order valence-electron chi connectivity index (χ1n) is 6.76. The first kappa shape index (κ1) is 13.1. The quantitative estimate of drug-likeness (QED) is 0.851. The van der Waals surface area contributed by atoms with E-state index in [-0.39, 0.29) is 5.91 Å². The summed E-state index contributed by atoms with van der Waals surface area (Å²) in [5, 5.41) is 0. The predicted octanol–water partition coefficient (Wildman–Crippen LogP) is 2.41. The van der Waals surface area contributed by atoms with Gasteiger partial charge in [0.05, 0.1) is 0 Å². The molecule has 1 saturated heterocycles. The normalized spacial score (nSPS) is 15.4. The molecule has 0 spiro atoms. The molecular formula is C15H17N3OS. The zero-order chi connectivity index (χ0) is 13.9. The molecular weight excluding hydrogens is 270 g/mol. The summed E-state index contributed by atoms with van der Waals surface area (Å²) in [6.07, 6.45) is 0. The zero-order valence-electron chi connectivity index (χ0n) is 11.5. The fourth-order valence-electron chi connectivity index (χ4n) is 2.44. The van der Waals surface area contributed by atoms with E-state index in [0.29, 0.717) is 5.69 Å². The van der Waals surface area contributed by atoms with E-state index < -0.39 is 0 Å². The molecule has 0 unspecified atom stereocenters. The maximum atomic E-state index is 12.3. The molecule has 5 heteroatoms. The molecule has 1 aromatic heterocycles. The lowest BCUT2D eigenvalue weighted by Gasteiger charge is -2.35. The number of aryl methyl sites for hydroxylation is 1. The van der Waals surface area contributed by atoms with Gasteiger partial charge in [-0.25, -0.2) is 0 Å². The molecule has 1 aliphatic rings. The van der Waals surface area contributed by atoms with Gasteiger partial charge in [0.25, 0.3) is 5.91 Å². The summed E-state index contributed by atoms with van der Waals surface area (Å²) in [7, 11) is 0. The summed E-state index contributed by atoms with van der Waals surface area (Å²) in [6, 6.07) is 12.2.